The van der Waals surface area contributed by atoms with E-state index >= 15 is 0 Å². The summed E-state index contributed by atoms with van der Waals surface area (Å²) >= 11 is 10.1. The molecule has 0 unspecified atom stereocenters. The van der Waals surface area contributed by atoms with Gasteiger partial charge in [0.05, 0.1) is 25.8 Å². The summed E-state index contributed by atoms with van der Waals surface area (Å²) in [5, 5.41) is 2.15. The molecule has 3 heterocycles. The summed E-state index contributed by atoms with van der Waals surface area (Å²) in [5.74, 6) is -0.00367. The number of carbonyl (C=O) groups is 1. The summed E-state index contributed by atoms with van der Waals surface area (Å²) in [5.41, 5.74) is 3.36. The van der Waals surface area contributed by atoms with Crippen molar-refractivity contribution in [2.24, 2.45) is 0 Å². The van der Waals surface area contributed by atoms with Gasteiger partial charge in [0.2, 0.25) is 0 Å². The number of rotatable bonds is 4. The number of carbonyl (C=O) groups excluding carboxylic acids is 1. The molecule has 1 saturated heterocycles. The van der Waals surface area contributed by atoms with E-state index in [4.69, 9.17) is 17.2 Å². The molecule has 1 aromatic heterocycles. The summed E-state index contributed by atoms with van der Waals surface area (Å²) in [4.78, 5) is 23.1. The minimum absolute atomic E-state index is 0.00367. The number of thiazole rings is 1. The quantitative estimate of drug-likeness (QED) is 0.313. The zero-order chi connectivity index (χ0) is 21.5. The summed E-state index contributed by atoms with van der Waals surface area (Å²) < 4.78 is 1.83. The van der Waals surface area contributed by atoms with Crippen LogP contribution in [0.15, 0.2) is 69.4 Å². The molecule has 5 rings (SSSR count). The van der Waals surface area contributed by atoms with Crippen LogP contribution in [0.4, 0.5) is 5.69 Å². The number of para-hydroxylation sites is 1. The molecule has 31 heavy (non-hydrogen) atoms. The van der Waals surface area contributed by atoms with Crippen molar-refractivity contribution in [3.8, 4) is 10.6 Å². The van der Waals surface area contributed by atoms with Crippen LogP contribution in [0.3, 0.4) is 0 Å². The Hall–Kier alpha value is -2.13. The topological polar surface area (TPSA) is 36.4 Å². The number of hydrogen-bond acceptors (Lipinski definition) is 7. The lowest BCUT2D eigenvalue weighted by atomic mass is 10.2. The first kappa shape index (κ1) is 20.8. The average molecular weight is 482 g/mol. The van der Waals surface area contributed by atoms with Gasteiger partial charge in [0, 0.05) is 23.5 Å². The SMILES string of the molecule is CCN1C(=O)C(=CC=C2Sc3cc(-c4nc5ccccc5s4)ccc3N2CC)SC1=S. The van der Waals surface area contributed by atoms with Gasteiger partial charge in [0.15, 0.2) is 0 Å². The lowest BCUT2D eigenvalue weighted by Crippen LogP contribution is -2.27. The van der Waals surface area contributed by atoms with Crippen molar-refractivity contribution in [2.75, 3.05) is 18.0 Å². The fourth-order valence-corrected chi connectivity index (χ4v) is 7.07. The van der Waals surface area contributed by atoms with E-state index in [9.17, 15) is 4.79 Å². The number of thiocarbonyl (C=S) groups is 1. The maximum Gasteiger partial charge on any atom is 0.266 e. The molecule has 2 aliphatic heterocycles. The molecule has 2 aromatic carbocycles. The van der Waals surface area contributed by atoms with Crippen LogP contribution >= 0.6 is 47.1 Å². The van der Waals surface area contributed by atoms with Crippen molar-refractivity contribution in [1.82, 2.24) is 9.88 Å². The maximum absolute atomic E-state index is 12.5. The molecule has 0 saturated carbocycles. The first-order valence-corrected chi connectivity index (χ1v) is 12.9. The highest BCUT2D eigenvalue weighted by Crippen LogP contribution is 2.48. The van der Waals surface area contributed by atoms with Crippen LogP contribution < -0.4 is 4.90 Å². The van der Waals surface area contributed by atoms with Crippen molar-refractivity contribution >= 4 is 73.2 Å². The fourth-order valence-electron chi connectivity index (χ4n) is 3.62. The van der Waals surface area contributed by atoms with E-state index in [0.29, 0.717) is 15.8 Å². The summed E-state index contributed by atoms with van der Waals surface area (Å²) in [6.45, 7) is 5.55. The number of thioether (sulfide) groups is 2. The molecule has 0 bridgehead atoms. The molecule has 1 fully saturated rings. The van der Waals surface area contributed by atoms with Crippen molar-refractivity contribution in [2.45, 2.75) is 18.7 Å². The van der Waals surface area contributed by atoms with Gasteiger partial charge >= 0.3 is 0 Å². The second-order valence-electron chi connectivity index (χ2n) is 6.97. The highest BCUT2D eigenvalue weighted by molar-refractivity contribution is 8.26. The Bertz CT molecular complexity index is 1240. The van der Waals surface area contributed by atoms with Gasteiger partial charge < -0.3 is 4.90 Å². The van der Waals surface area contributed by atoms with Crippen LogP contribution in [0, 0.1) is 0 Å². The Balaban J connectivity index is 1.45. The number of nitrogens with zero attached hydrogens (tertiary/aromatic N) is 3. The molecule has 1 amide bonds. The number of fused-ring (bicyclic) bond motifs is 2. The molecule has 156 valence electrons. The lowest BCUT2D eigenvalue weighted by molar-refractivity contribution is -0.122. The van der Waals surface area contributed by atoms with Gasteiger partial charge in [-0.05, 0) is 56.3 Å². The number of benzene rings is 2. The number of amides is 1. The number of aromatic nitrogens is 1. The third-order valence-corrected chi connectivity index (χ3v) is 8.75. The van der Waals surface area contributed by atoms with E-state index in [-0.39, 0.29) is 5.91 Å². The van der Waals surface area contributed by atoms with Crippen LogP contribution in [0.5, 0.6) is 0 Å². The molecule has 3 aromatic rings. The van der Waals surface area contributed by atoms with E-state index < -0.39 is 0 Å². The first-order valence-electron chi connectivity index (χ1n) is 10.00. The smallest absolute Gasteiger partial charge is 0.266 e. The monoisotopic (exact) mass is 481 g/mol. The first-order chi connectivity index (χ1) is 15.1. The Morgan fingerprint density at radius 3 is 2.58 bits per heavy atom. The molecule has 0 atom stereocenters. The summed E-state index contributed by atoms with van der Waals surface area (Å²) in [6, 6.07) is 14.8. The Morgan fingerprint density at radius 1 is 1.03 bits per heavy atom. The minimum Gasteiger partial charge on any atom is -0.335 e. The number of anilines is 1. The zero-order valence-electron chi connectivity index (χ0n) is 17.0. The molecular weight excluding hydrogens is 463 g/mol. The van der Waals surface area contributed by atoms with Crippen molar-refractivity contribution in [1.29, 1.82) is 0 Å². The second kappa shape index (κ2) is 8.43. The predicted molar refractivity (Wildman–Crippen MR) is 138 cm³/mol. The molecule has 2 aliphatic rings. The standard InChI is InChI=1S/C23H19N3OS4/c1-3-25-16-10-9-14(21-24-15-7-5-6-8-17(15)30-21)13-19(16)29-20(25)12-11-18-22(27)26(4-2)23(28)31-18/h5-13H,3-4H2,1-2H3. The van der Waals surface area contributed by atoms with Crippen molar-refractivity contribution in [3.05, 3.63) is 64.6 Å². The van der Waals surface area contributed by atoms with Crippen molar-refractivity contribution < 1.29 is 4.79 Å². The van der Waals surface area contributed by atoms with Crippen LogP contribution in [0.2, 0.25) is 0 Å². The number of hydrogen-bond donors (Lipinski definition) is 0. The number of allylic oxidation sites excluding steroid dienone is 2. The van der Waals surface area contributed by atoms with Gasteiger partial charge in [-0.3, -0.25) is 9.69 Å². The third kappa shape index (κ3) is 3.71. The molecule has 8 heteroatoms. The van der Waals surface area contributed by atoms with E-state index in [2.05, 4.69) is 42.2 Å². The second-order valence-corrected chi connectivity index (χ2v) is 10.7. The summed E-state index contributed by atoms with van der Waals surface area (Å²) in [7, 11) is 0. The molecule has 4 nitrogen and oxygen atoms in total. The van der Waals surface area contributed by atoms with Gasteiger partial charge in [-0.1, -0.05) is 47.9 Å². The molecule has 0 N–H and O–H groups in total. The van der Waals surface area contributed by atoms with Crippen LogP contribution in [-0.2, 0) is 4.79 Å². The Kier molecular flexibility index (Phi) is 5.64. The van der Waals surface area contributed by atoms with Gasteiger partial charge in [0.1, 0.15) is 9.33 Å². The predicted octanol–water partition coefficient (Wildman–Crippen LogP) is 6.50. The minimum atomic E-state index is -0.00367. The van der Waals surface area contributed by atoms with E-state index in [1.54, 1.807) is 28.0 Å². The molecule has 0 aliphatic carbocycles. The highest BCUT2D eigenvalue weighted by atomic mass is 32.2. The van der Waals surface area contributed by atoms with Gasteiger partial charge in [-0.2, -0.15) is 0 Å². The molecular formula is C23H19N3OS4. The normalized spacial score (nSPS) is 18.8. The van der Waals surface area contributed by atoms with Crippen LogP contribution in [0.1, 0.15) is 13.8 Å². The largest absolute Gasteiger partial charge is 0.335 e. The molecule has 0 radical (unpaired) electrons. The highest BCUT2D eigenvalue weighted by Gasteiger charge is 2.31. The van der Waals surface area contributed by atoms with E-state index in [0.717, 1.165) is 27.7 Å². The Labute approximate surface area is 199 Å². The van der Waals surface area contributed by atoms with Crippen LogP contribution in [0.25, 0.3) is 20.8 Å². The lowest BCUT2D eigenvalue weighted by Gasteiger charge is -2.17. The molecule has 0 spiro atoms. The van der Waals surface area contributed by atoms with Gasteiger partial charge in [-0.25, -0.2) is 4.98 Å². The van der Waals surface area contributed by atoms with Crippen LogP contribution in [-0.4, -0.2) is 33.2 Å². The Morgan fingerprint density at radius 2 is 1.84 bits per heavy atom. The van der Waals surface area contributed by atoms with Gasteiger partial charge in [-0.15, -0.1) is 11.3 Å². The number of likely N-dealkylation sites (N-methyl/N-ethyl adjacent to an activating group) is 1. The van der Waals surface area contributed by atoms with E-state index in [1.165, 1.54) is 27.0 Å². The fraction of sp³-hybridized carbons (Fsp3) is 0.174. The van der Waals surface area contributed by atoms with Gasteiger partial charge in [0.25, 0.3) is 5.91 Å². The third-order valence-electron chi connectivity index (χ3n) is 5.16. The maximum atomic E-state index is 12.5. The average Bonchev–Trinajstić information content (AvgIpc) is 3.44. The van der Waals surface area contributed by atoms with Crippen molar-refractivity contribution in [3.63, 3.8) is 0 Å². The zero-order valence-corrected chi connectivity index (χ0v) is 20.3. The summed E-state index contributed by atoms with van der Waals surface area (Å²) in [6.07, 6.45) is 3.94. The van der Waals surface area contributed by atoms with E-state index in [1.807, 2.05) is 31.2 Å².